The van der Waals surface area contributed by atoms with Gasteiger partial charge in [-0.1, -0.05) is 23.7 Å². The fraction of sp³-hybridized carbons (Fsp3) is 0.188. The Morgan fingerprint density at radius 1 is 1.19 bits per heavy atom. The molecule has 3 N–H and O–H groups in total. The molecular weight excluding hydrogens is 286 g/mol. The molecule has 5 heteroatoms. The van der Waals surface area contributed by atoms with Crippen LogP contribution in [-0.2, 0) is 13.0 Å². The van der Waals surface area contributed by atoms with Crippen LogP contribution in [0, 0.1) is 0 Å². The van der Waals surface area contributed by atoms with E-state index >= 15 is 0 Å². The fourth-order valence-electron chi connectivity index (χ4n) is 2.55. The van der Waals surface area contributed by atoms with Crippen molar-refractivity contribution in [1.82, 2.24) is 4.90 Å². The molecule has 0 atom stereocenters. The lowest BCUT2D eigenvalue weighted by Gasteiger charge is -2.29. The van der Waals surface area contributed by atoms with Crippen LogP contribution in [0.3, 0.4) is 0 Å². The minimum absolute atomic E-state index is 0.106. The maximum atomic E-state index is 12.3. The normalized spacial score (nSPS) is 13.7. The zero-order valence-corrected chi connectivity index (χ0v) is 12.2. The second-order valence-electron chi connectivity index (χ2n) is 5.09. The second kappa shape index (κ2) is 5.66. The Bertz CT molecular complexity index is 670. The summed E-state index contributed by atoms with van der Waals surface area (Å²) in [6, 6.07) is 12.8. The number of carbonyl (C=O) groups is 1. The molecule has 0 saturated heterocycles. The number of fused-ring (bicyclic) bond motifs is 1. The molecule has 0 bridgehead atoms. The second-order valence-corrected chi connectivity index (χ2v) is 5.53. The molecule has 1 heterocycles. The smallest absolute Gasteiger partial charge is 0.322 e. The van der Waals surface area contributed by atoms with Gasteiger partial charge in [-0.05, 0) is 47.9 Å². The van der Waals surface area contributed by atoms with Gasteiger partial charge in [0.25, 0.3) is 0 Å². The first-order valence-corrected chi connectivity index (χ1v) is 7.19. The molecule has 2 amide bonds. The third kappa shape index (κ3) is 2.95. The molecule has 1 aliphatic heterocycles. The van der Waals surface area contributed by atoms with Gasteiger partial charge in [-0.15, -0.1) is 0 Å². The Morgan fingerprint density at radius 3 is 2.71 bits per heavy atom. The Labute approximate surface area is 128 Å². The Hall–Kier alpha value is -2.20. The molecule has 2 aromatic rings. The number of urea groups is 1. The van der Waals surface area contributed by atoms with E-state index in [1.54, 1.807) is 29.2 Å². The van der Waals surface area contributed by atoms with Crippen LogP contribution < -0.4 is 11.1 Å². The lowest BCUT2D eigenvalue weighted by molar-refractivity contribution is 0.206. The minimum Gasteiger partial charge on any atom is -0.398 e. The molecule has 108 valence electrons. The van der Waals surface area contributed by atoms with Crippen LogP contribution in [-0.4, -0.2) is 17.5 Å². The lowest BCUT2D eigenvalue weighted by Crippen LogP contribution is -2.39. The SMILES string of the molecule is Nc1cccc2c1CCN(C(=O)Nc1ccc(Cl)cc1)C2. The lowest BCUT2D eigenvalue weighted by atomic mass is 9.98. The summed E-state index contributed by atoms with van der Waals surface area (Å²) in [7, 11) is 0. The number of nitrogens with one attached hydrogen (secondary N) is 1. The summed E-state index contributed by atoms with van der Waals surface area (Å²) in [5.74, 6) is 0. The predicted molar refractivity (Wildman–Crippen MR) is 85.4 cm³/mol. The highest BCUT2D eigenvalue weighted by Crippen LogP contribution is 2.24. The minimum atomic E-state index is -0.106. The average Bonchev–Trinajstić information content (AvgIpc) is 2.49. The van der Waals surface area contributed by atoms with Gasteiger partial charge < -0.3 is 16.0 Å². The number of benzene rings is 2. The van der Waals surface area contributed by atoms with Gasteiger partial charge in [0, 0.05) is 29.5 Å². The zero-order chi connectivity index (χ0) is 14.8. The van der Waals surface area contributed by atoms with Crippen molar-refractivity contribution < 1.29 is 4.79 Å². The van der Waals surface area contributed by atoms with E-state index in [4.69, 9.17) is 17.3 Å². The highest BCUT2D eigenvalue weighted by molar-refractivity contribution is 6.30. The predicted octanol–water partition coefficient (Wildman–Crippen LogP) is 3.51. The van der Waals surface area contributed by atoms with E-state index in [0.717, 1.165) is 28.9 Å². The van der Waals surface area contributed by atoms with Crippen molar-refractivity contribution in [1.29, 1.82) is 0 Å². The van der Waals surface area contributed by atoms with Gasteiger partial charge >= 0.3 is 6.03 Å². The summed E-state index contributed by atoms with van der Waals surface area (Å²) in [5, 5.41) is 3.53. The van der Waals surface area contributed by atoms with E-state index in [2.05, 4.69) is 5.32 Å². The van der Waals surface area contributed by atoms with E-state index in [1.165, 1.54) is 0 Å². The Morgan fingerprint density at radius 2 is 1.95 bits per heavy atom. The number of carbonyl (C=O) groups excluding carboxylic acids is 1. The number of nitrogens with zero attached hydrogens (tertiary/aromatic N) is 1. The van der Waals surface area contributed by atoms with Gasteiger partial charge in [-0.2, -0.15) is 0 Å². The maximum Gasteiger partial charge on any atom is 0.322 e. The molecule has 0 aliphatic carbocycles. The van der Waals surface area contributed by atoms with E-state index in [-0.39, 0.29) is 6.03 Å². The number of hydrogen-bond donors (Lipinski definition) is 2. The van der Waals surface area contributed by atoms with Crippen molar-refractivity contribution in [3.8, 4) is 0 Å². The van der Waals surface area contributed by atoms with Crippen LogP contribution in [0.2, 0.25) is 5.02 Å². The van der Waals surface area contributed by atoms with Crippen molar-refractivity contribution in [2.24, 2.45) is 0 Å². The van der Waals surface area contributed by atoms with Gasteiger partial charge in [0.1, 0.15) is 0 Å². The molecule has 4 nitrogen and oxygen atoms in total. The molecule has 0 fully saturated rings. The molecule has 0 aromatic heterocycles. The third-order valence-electron chi connectivity index (χ3n) is 3.68. The molecule has 0 spiro atoms. The van der Waals surface area contributed by atoms with Gasteiger partial charge in [0.05, 0.1) is 0 Å². The highest BCUT2D eigenvalue weighted by atomic mass is 35.5. The summed E-state index contributed by atoms with van der Waals surface area (Å²) < 4.78 is 0. The van der Waals surface area contributed by atoms with Crippen molar-refractivity contribution in [3.63, 3.8) is 0 Å². The van der Waals surface area contributed by atoms with Crippen molar-refractivity contribution in [2.75, 3.05) is 17.6 Å². The van der Waals surface area contributed by atoms with Gasteiger partial charge in [-0.3, -0.25) is 0 Å². The van der Waals surface area contributed by atoms with E-state index in [0.29, 0.717) is 18.1 Å². The van der Waals surface area contributed by atoms with E-state index in [9.17, 15) is 4.79 Å². The summed E-state index contributed by atoms with van der Waals surface area (Å²) in [5.41, 5.74) is 9.80. The monoisotopic (exact) mass is 301 g/mol. The molecule has 0 saturated carbocycles. The molecular formula is C16H16ClN3O. The number of nitrogen functional groups attached to an aromatic ring is 1. The topological polar surface area (TPSA) is 58.4 Å². The Balaban J connectivity index is 1.71. The highest BCUT2D eigenvalue weighted by Gasteiger charge is 2.21. The first kappa shape index (κ1) is 13.8. The number of amides is 2. The zero-order valence-electron chi connectivity index (χ0n) is 11.5. The quantitative estimate of drug-likeness (QED) is 0.792. The summed E-state index contributed by atoms with van der Waals surface area (Å²) in [6.07, 6.45) is 0.788. The average molecular weight is 302 g/mol. The largest absolute Gasteiger partial charge is 0.398 e. The molecule has 2 aromatic carbocycles. The van der Waals surface area contributed by atoms with Gasteiger partial charge in [0.2, 0.25) is 0 Å². The van der Waals surface area contributed by atoms with Gasteiger partial charge in [-0.25, -0.2) is 4.79 Å². The third-order valence-corrected chi connectivity index (χ3v) is 3.94. The van der Waals surface area contributed by atoms with Crippen LogP contribution in [0.5, 0.6) is 0 Å². The van der Waals surface area contributed by atoms with Crippen molar-refractivity contribution in [2.45, 2.75) is 13.0 Å². The standard InChI is InChI=1S/C16H16ClN3O/c17-12-4-6-13(7-5-12)19-16(21)20-9-8-14-11(10-20)2-1-3-15(14)18/h1-7H,8-10,18H2,(H,19,21). The summed E-state index contributed by atoms with van der Waals surface area (Å²) in [4.78, 5) is 14.1. The number of halogens is 1. The molecule has 0 unspecified atom stereocenters. The van der Waals surface area contributed by atoms with Gasteiger partial charge in [0.15, 0.2) is 0 Å². The molecule has 1 aliphatic rings. The van der Waals surface area contributed by atoms with E-state index in [1.807, 2.05) is 18.2 Å². The fourth-order valence-corrected chi connectivity index (χ4v) is 2.67. The first-order valence-electron chi connectivity index (χ1n) is 6.81. The van der Waals surface area contributed by atoms with E-state index < -0.39 is 0 Å². The number of anilines is 2. The summed E-state index contributed by atoms with van der Waals surface area (Å²) >= 11 is 5.83. The molecule has 0 radical (unpaired) electrons. The first-order chi connectivity index (χ1) is 10.1. The van der Waals surface area contributed by atoms with Crippen LogP contribution in [0.4, 0.5) is 16.2 Å². The number of nitrogens with two attached hydrogens (primary N) is 1. The van der Waals surface area contributed by atoms with Crippen molar-refractivity contribution >= 4 is 29.0 Å². The number of hydrogen-bond acceptors (Lipinski definition) is 2. The molecule has 21 heavy (non-hydrogen) atoms. The van der Waals surface area contributed by atoms with Crippen LogP contribution >= 0.6 is 11.6 Å². The van der Waals surface area contributed by atoms with Crippen molar-refractivity contribution in [3.05, 3.63) is 58.6 Å². The van der Waals surface area contributed by atoms with Crippen LogP contribution in [0.1, 0.15) is 11.1 Å². The number of rotatable bonds is 1. The Kier molecular flexibility index (Phi) is 3.71. The molecule has 3 rings (SSSR count). The van der Waals surface area contributed by atoms with Crippen LogP contribution in [0.25, 0.3) is 0 Å². The summed E-state index contributed by atoms with van der Waals surface area (Å²) in [6.45, 7) is 1.25. The van der Waals surface area contributed by atoms with Crippen LogP contribution in [0.15, 0.2) is 42.5 Å². The maximum absolute atomic E-state index is 12.3.